The number of anilines is 1. The molecule has 0 aliphatic carbocycles. The Morgan fingerprint density at radius 1 is 0.900 bits per heavy atom. The summed E-state index contributed by atoms with van der Waals surface area (Å²) in [4.78, 5) is 7.47. The molecular formula is C25H25ClN2O2. The number of benzene rings is 3. The second kappa shape index (κ2) is 8.80. The van der Waals surface area contributed by atoms with Gasteiger partial charge in [-0.2, -0.15) is 0 Å². The molecular weight excluding hydrogens is 396 g/mol. The predicted octanol–water partition coefficient (Wildman–Crippen LogP) is 6.14. The van der Waals surface area contributed by atoms with Crippen molar-refractivity contribution in [2.24, 2.45) is 4.99 Å². The number of halogens is 1. The largest absolute Gasteiger partial charge is 0.497 e. The molecule has 4 nitrogen and oxygen atoms in total. The van der Waals surface area contributed by atoms with Crippen LogP contribution in [0.15, 0.2) is 77.8 Å². The van der Waals surface area contributed by atoms with E-state index in [2.05, 4.69) is 36.1 Å². The van der Waals surface area contributed by atoms with Gasteiger partial charge in [0.05, 0.1) is 25.5 Å². The Morgan fingerprint density at radius 2 is 1.53 bits per heavy atom. The van der Waals surface area contributed by atoms with E-state index in [0.29, 0.717) is 6.61 Å². The van der Waals surface area contributed by atoms with E-state index in [1.54, 1.807) is 7.11 Å². The fourth-order valence-electron chi connectivity index (χ4n) is 3.84. The van der Waals surface area contributed by atoms with Crippen LogP contribution >= 0.6 is 11.6 Å². The summed E-state index contributed by atoms with van der Waals surface area (Å²) in [7, 11) is 1.68. The zero-order chi connectivity index (χ0) is 21.1. The summed E-state index contributed by atoms with van der Waals surface area (Å²) in [5.74, 6) is 1.70. The second-order valence-corrected chi connectivity index (χ2v) is 7.61. The summed E-state index contributed by atoms with van der Waals surface area (Å²) in [6.45, 7) is 4.83. The molecule has 0 N–H and O–H groups in total. The van der Waals surface area contributed by atoms with Crippen LogP contribution in [0.4, 0.5) is 5.69 Å². The lowest BCUT2D eigenvalue weighted by Gasteiger charge is -2.30. The van der Waals surface area contributed by atoms with Gasteiger partial charge in [-0.25, -0.2) is 0 Å². The van der Waals surface area contributed by atoms with E-state index in [4.69, 9.17) is 26.1 Å². The fourth-order valence-corrected chi connectivity index (χ4v) is 3.96. The van der Waals surface area contributed by atoms with E-state index in [1.807, 2.05) is 55.5 Å². The van der Waals surface area contributed by atoms with Crippen molar-refractivity contribution in [1.82, 2.24) is 0 Å². The van der Waals surface area contributed by atoms with Crippen molar-refractivity contribution in [3.8, 4) is 11.5 Å². The lowest BCUT2D eigenvalue weighted by atomic mass is 10.0. The van der Waals surface area contributed by atoms with Gasteiger partial charge in [0.1, 0.15) is 17.7 Å². The minimum atomic E-state index is -0.130. The number of rotatable bonds is 6. The standard InChI is InChI=1S/C25H25ClN2O2/c1-4-30-23-15-11-21(12-16-23)28-17(2)24(18-5-9-20(26)10-6-18)27-25(28)19-7-13-22(29-3)14-8-19/h5-17,25H,4H2,1-3H3. The quantitative estimate of drug-likeness (QED) is 0.480. The van der Waals surface area contributed by atoms with Gasteiger partial charge in [0, 0.05) is 10.7 Å². The van der Waals surface area contributed by atoms with Gasteiger partial charge in [0.25, 0.3) is 0 Å². The highest BCUT2D eigenvalue weighted by Gasteiger charge is 2.35. The Hall–Kier alpha value is -2.98. The molecule has 3 aromatic rings. The minimum Gasteiger partial charge on any atom is -0.497 e. The molecule has 0 radical (unpaired) electrons. The third kappa shape index (κ3) is 4.01. The highest BCUT2D eigenvalue weighted by atomic mass is 35.5. The van der Waals surface area contributed by atoms with E-state index in [-0.39, 0.29) is 12.2 Å². The highest BCUT2D eigenvalue weighted by molar-refractivity contribution is 6.30. The molecule has 0 bridgehead atoms. The average Bonchev–Trinajstić information content (AvgIpc) is 3.12. The third-order valence-electron chi connectivity index (χ3n) is 5.34. The van der Waals surface area contributed by atoms with Crippen molar-refractivity contribution >= 4 is 23.0 Å². The van der Waals surface area contributed by atoms with Crippen molar-refractivity contribution in [3.05, 3.63) is 88.9 Å². The van der Waals surface area contributed by atoms with Gasteiger partial charge in [-0.15, -0.1) is 0 Å². The summed E-state index contributed by atoms with van der Waals surface area (Å²) in [5, 5.41) is 0.722. The lowest BCUT2D eigenvalue weighted by Crippen LogP contribution is -2.35. The second-order valence-electron chi connectivity index (χ2n) is 7.18. The van der Waals surface area contributed by atoms with Crippen molar-refractivity contribution in [1.29, 1.82) is 0 Å². The first-order valence-electron chi connectivity index (χ1n) is 10.1. The molecule has 2 atom stereocenters. The summed E-state index contributed by atoms with van der Waals surface area (Å²) in [6.07, 6.45) is -0.130. The number of methoxy groups -OCH3 is 1. The molecule has 0 saturated carbocycles. The van der Waals surface area contributed by atoms with Crippen LogP contribution in [-0.2, 0) is 0 Å². The Bertz CT molecular complexity index is 1010. The van der Waals surface area contributed by atoms with Gasteiger partial charge in [-0.3, -0.25) is 4.99 Å². The smallest absolute Gasteiger partial charge is 0.148 e. The summed E-state index contributed by atoms with van der Waals surface area (Å²) in [5.41, 5.74) is 4.33. The van der Waals surface area contributed by atoms with E-state index in [9.17, 15) is 0 Å². The molecule has 1 aliphatic rings. The van der Waals surface area contributed by atoms with Crippen LogP contribution in [-0.4, -0.2) is 25.5 Å². The zero-order valence-electron chi connectivity index (χ0n) is 17.4. The zero-order valence-corrected chi connectivity index (χ0v) is 18.1. The first kappa shape index (κ1) is 20.3. The monoisotopic (exact) mass is 420 g/mol. The normalized spacial score (nSPS) is 18.3. The van der Waals surface area contributed by atoms with E-state index < -0.39 is 0 Å². The van der Waals surface area contributed by atoms with Gasteiger partial charge < -0.3 is 14.4 Å². The highest BCUT2D eigenvalue weighted by Crippen LogP contribution is 2.38. The molecule has 3 aromatic carbocycles. The molecule has 4 rings (SSSR count). The van der Waals surface area contributed by atoms with E-state index >= 15 is 0 Å². The Kier molecular flexibility index (Phi) is 5.96. The van der Waals surface area contributed by atoms with Gasteiger partial charge in [-0.05, 0) is 73.5 Å². The molecule has 0 spiro atoms. The number of ether oxygens (including phenoxy) is 2. The molecule has 2 unspecified atom stereocenters. The lowest BCUT2D eigenvalue weighted by molar-refractivity contribution is 0.340. The maximum atomic E-state index is 6.10. The Balaban J connectivity index is 1.74. The van der Waals surface area contributed by atoms with Crippen LogP contribution in [0.25, 0.3) is 0 Å². The van der Waals surface area contributed by atoms with E-state index in [1.165, 1.54) is 0 Å². The number of aliphatic imine (C=N–C) groups is 1. The van der Waals surface area contributed by atoms with Crippen LogP contribution in [0, 0.1) is 0 Å². The van der Waals surface area contributed by atoms with Crippen LogP contribution < -0.4 is 14.4 Å². The Labute approximate surface area is 182 Å². The molecule has 0 fully saturated rings. The maximum Gasteiger partial charge on any atom is 0.148 e. The fraction of sp³-hybridized carbons (Fsp3) is 0.240. The molecule has 30 heavy (non-hydrogen) atoms. The van der Waals surface area contributed by atoms with Crippen molar-refractivity contribution in [2.45, 2.75) is 26.1 Å². The molecule has 0 aromatic heterocycles. The predicted molar refractivity (Wildman–Crippen MR) is 123 cm³/mol. The van der Waals surface area contributed by atoms with Crippen molar-refractivity contribution in [3.63, 3.8) is 0 Å². The third-order valence-corrected chi connectivity index (χ3v) is 5.59. The number of hydrogen-bond donors (Lipinski definition) is 0. The molecule has 1 aliphatic heterocycles. The molecule has 0 amide bonds. The minimum absolute atomic E-state index is 0.0937. The van der Waals surface area contributed by atoms with Gasteiger partial charge in [-0.1, -0.05) is 35.9 Å². The Morgan fingerprint density at radius 3 is 2.13 bits per heavy atom. The van der Waals surface area contributed by atoms with Gasteiger partial charge in [0.2, 0.25) is 0 Å². The first-order chi connectivity index (χ1) is 14.6. The van der Waals surface area contributed by atoms with Crippen LogP contribution in [0.1, 0.15) is 31.1 Å². The van der Waals surface area contributed by atoms with Gasteiger partial charge >= 0.3 is 0 Å². The van der Waals surface area contributed by atoms with E-state index in [0.717, 1.165) is 39.0 Å². The van der Waals surface area contributed by atoms with Crippen molar-refractivity contribution < 1.29 is 9.47 Å². The number of nitrogens with zero attached hydrogens (tertiary/aromatic N) is 2. The van der Waals surface area contributed by atoms with Gasteiger partial charge in [0.15, 0.2) is 0 Å². The summed E-state index contributed by atoms with van der Waals surface area (Å²) >= 11 is 6.10. The molecule has 1 heterocycles. The molecule has 154 valence electrons. The van der Waals surface area contributed by atoms with Crippen LogP contribution in [0.3, 0.4) is 0 Å². The van der Waals surface area contributed by atoms with Crippen LogP contribution in [0.2, 0.25) is 5.02 Å². The first-order valence-corrected chi connectivity index (χ1v) is 10.5. The molecule has 0 saturated heterocycles. The number of hydrogen-bond acceptors (Lipinski definition) is 4. The average molecular weight is 421 g/mol. The molecule has 5 heteroatoms. The topological polar surface area (TPSA) is 34.1 Å². The SMILES string of the molecule is CCOc1ccc(N2C(C)C(c3ccc(Cl)cc3)=NC2c2ccc(OC)cc2)cc1. The van der Waals surface area contributed by atoms with Crippen LogP contribution in [0.5, 0.6) is 11.5 Å². The maximum absolute atomic E-state index is 6.10. The summed E-state index contributed by atoms with van der Waals surface area (Å²) in [6, 6.07) is 24.3. The summed E-state index contributed by atoms with van der Waals surface area (Å²) < 4.78 is 10.9. The van der Waals surface area contributed by atoms with Crippen molar-refractivity contribution in [2.75, 3.05) is 18.6 Å².